The Kier molecular flexibility index (Phi) is 3.02. The number of para-hydroxylation sites is 1. The largest absolute Gasteiger partial charge is 0.481 e. The summed E-state index contributed by atoms with van der Waals surface area (Å²) in [6.45, 7) is 1.92. The molecule has 2 heterocycles. The summed E-state index contributed by atoms with van der Waals surface area (Å²) in [6, 6.07) is 8.00. The van der Waals surface area contributed by atoms with Gasteiger partial charge in [0.2, 0.25) is 0 Å². The number of rotatable bonds is 4. The maximum atomic E-state index is 10.8. The van der Waals surface area contributed by atoms with Crippen molar-refractivity contribution in [1.29, 1.82) is 0 Å². The highest BCUT2D eigenvalue weighted by Crippen LogP contribution is 2.31. The van der Waals surface area contributed by atoms with E-state index in [2.05, 4.69) is 15.2 Å². The van der Waals surface area contributed by atoms with Gasteiger partial charge in [-0.1, -0.05) is 18.2 Å². The van der Waals surface area contributed by atoms with E-state index in [0.717, 1.165) is 33.4 Å². The fourth-order valence-corrected chi connectivity index (χ4v) is 2.48. The predicted molar refractivity (Wildman–Crippen MR) is 76.6 cm³/mol. The van der Waals surface area contributed by atoms with Crippen molar-refractivity contribution in [2.24, 2.45) is 0 Å². The van der Waals surface area contributed by atoms with Crippen LogP contribution in [0.25, 0.3) is 22.2 Å². The van der Waals surface area contributed by atoms with E-state index in [1.807, 2.05) is 37.4 Å². The molecular weight excluding hydrogens is 254 g/mol. The summed E-state index contributed by atoms with van der Waals surface area (Å²) in [5.41, 5.74) is 4.78. The molecule has 0 amide bonds. The number of aryl methyl sites for hydroxylation is 1. The van der Waals surface area contributed by atoms with E-state index in [4.69, 9.17) is 5.11 Å². The molecule has 0 fully saturated rings. The number of carboxylic acids is 1. The molecule has 0 spiro atoms. The Labute approximate surface area is 115 Å². The Hall–Kier alpha value is -2.56. The number of aliphatic carboxylic acids is 1. The maximum Gasteiger partial charge on any atom is 0.303 e. The van der Waals surface area contributed by atoms with Gasteiger partial charge < -0.3 is 10.1 Å². The number of carboxylic acid groups (broad SMARTS) is 1. The fourth-order valence-electron chi connectivity index (χ4n) is 2.48. The van der Waals surface area contributed by atoms with Crippen LogP contribution >= 0.6 is 0 Å². The summed E-state index contributed by atoms with van der Waals surface area (Å²) in [5.74, 6) is -0.796. The molecule has 3 N–H and O–H groups in total. The van der Waals surface area contributed by atoms with Crippen molar-refractivity contribution in [2.45, 2.75) is 19.8 Å². The van der Waals surface area contributed by atoms with Gasteiger partial charge in [-0.2, -0.15) is 5.10 Å². The van der Waals surface area contributed by atoms with Crippen LogP contribution in [0.15, 0.2) is 30.5 Å². The van der Waals surface area contributed by atoms with E-state index < -0.39 is 5.97 Å². The standard InChI is InChI=1S/C15H15N3O2/c1-9-10(6-7-14(19)20)15(18-17-9)12-8-16-13-5-3-2-4-11(12)13/h2-5,8,16H,6-7H2,1H3,(H,17,18)(H,19,20). The van der Waals surface area contributed by atoms with Gasteiger partial charge in [-0.3, -0.25) is 9.89 Å². The van der Waals surface area contributed by atoms with Crippen LogP contribution < -0.4 is 0 Å². The third-order valence-electron chi connectivity index (χ3n) is 3.51. The normalized spacial score (nSPS) is 11.1. The first-order valence-electron chi connectivity index (χ1n) is 6.49. The van der Waals surface area contributed by atoms with E-state index >= 15 is 0 Å². The topological polar surface area (TPSA) is 81.8 Å². The molecule has 0 saturated heterocycles. The number of carbonyl (C=O) groups is 1. The summed E-state index contributed by atoms with van der Waals surface area (Å²) < 4.78 is 0. The molecule has 2 aromatic heterocycles. The summed E-state index contributed by atoms with van der Waals surface area (Å²) in [4.78, 5) is 14.0. The van der Waals surface area contributed by atoms with Gasteiger partial charge in [-0.15, -0.1) is 0 Å². The van der Waals surface area contributed by atoms with Crippen LogP contribution in [0.4, 0.5) is 0 Å². The molecule has 0 saturated carbocycles. The Bertz CT molecular complexity index is 770. The van der Waals surface area contributed by atoms with E-state index in [1.165, 1.54) is 0 Å². The highest BCUT2D eigenvalue weighted by Gasteiger charge is 2.16. The molecule has 20 heavy (non-hydrogen) atoms. The van der Waals surface area contributed by atoms with Crippen LogP contribution in [0.5, 0.6) is 0 Å². The van der Waals surface area contributed by atoms with Crippen molar-refractivity contribution in [3.05, 3.63) is 41.7 Å². The van der Waals surface area contributed by atoms with Crippen molar-refractivity contribution in [3.63, 3.8) is 0 Å². The first kappa shape index (κ1) is 12.5. The number of hydrogen-bond acceptors (Lipinski definition) is 2. The third-order valence-corrected chi connectivity index (χ3v) is 3.51. The Morgan fingerprint density at radius 2 is 2.15 bits per heavy atom. The van der Waals surface area contributed by atoms with Crippen LogP contribution in [-0.2, 0) is 11.2 Å². The van der Waals surface area contributed by atoms with Crippen molar-refractivity contribution in [3.8, 4) is 11.3 Å². The second kappa shape index (κ2) is 4.85. The third kappa shape index (κ3) is 2.07. The number of hydrogen-bond donors (Lipinski definition) is 3. The minimum Gasteiger partial charge on any atom is -0.481 e. The van der Waals surface area contributed by atoms with Crippen LogP contribution in [0.3, 0.4) is 0 Å². The van der Waals surface area contributed by atoms with Gasteiger partial charge in [0.25, 0.3) is 0 Å². The highest BCUT2D eigenvalue weighted by molar-refractivity contribution is 5.95. The lowest BCUT2D eigenvalue weighted by molar-refractivity contribution is -0.136. The average molecular weight is 269 g/mol. The molecule has 0 aliphatic rings. The summed E-state index contributed by atoms with van der Waals surface area (Å²) in [6.07, 6.45) is 2.51. The Morgan fingerprint density at radius 1 is 1.35 bits per heavy atom. The molecule has 3 aromatic rings. The minimum absolute atomic E-state index is 0.107. The number of nitrogens with zero attached hydrogens (tertiary/aromatic N) is 1. The number of aromatic amines is 2. The smallest absolute Gasteiger partial charge is 0.303 e. The summed E-state index contributed by atoms with van der Waals surface area (Å²) in [7, 11) is 0. The first-order chi connectivity index (χ1) is 9.66. The maximum absolute atomic E-state index is 10.8. The van der Waals surface area contributed by atoms with Gasteiger partial charge in [0.15, 0.2) is 0 Å². The SMILES string of the molecule is Cc1[nH]nc(-c2c[nH]c3ccccc23)c1CCC(=O)O. The van der Waals surface area contributed by atoms with Crippen LogP contribution in [0.2, 0.25) is 0 Å². The zero-order chi connectivity index (χ0) is 14.1. The van der Waals surface area contributed by atoms with Crippen molar-refractivity contribution in [1.82, 2.24) is 15.2 Å². The fraction of sp³-hybridized carbons (Fsp3) is 0.200. The zero-order valence-electron chi connectivity index (χ0n) is 11.1. The lowest BCUT2D eigenvalue weighted by atomic mass is 10.0. The number of nitrogens with one attached hydrogen (secondary N) is 2. The monoisotopic (exact) mass is 269 g/mol. The molecule has 0 unspecified atom stereocenters. The number of fused-ring (bicyclic) bond motifs is 1. The van der Waals surface area contributed by atoms with E-state index in [9.17, 15) is 4.79 Å². The van der Waals surface area contributed by atoms with Gasteiger partial charge in [0, 0.05) is 40.3 Å². The van der Waals surface area contributed by atoms with E-state index in [1.54, 1.807) is 0 Å². The summed E-state index contributed by atoms with van der Waals surface area (Å²) in [5, 5.41) is 17.3. The van der Waals surface area contributed by atoms with Crippen LogP contribution in [0.1, 0.15) is 17.7 Å². The molecular formula is C15H15N3O2. The second-order valence-corrected chi connectivity index (χ2v) is 4.82. The molecule has 0 radical (unpaired) electrons. The molecule has 0 atom stereocenters. The lowest BCUT2D eigenvalue weighted by Crippen LogP contribution is -1.99. The van der Waals surface area contributed by atoms with Crippen LogP contribution in [-0.4, -0.2) is 26.3 Å². The van der Waals surface area contributed by atoms with E-state index in [-0.39, 0.29) is 6.42 Å². The van der Waals surface area contributed by atoms with Crippen molar-refractivity contribution in [2.75, 3.05) is 0 Å². The first-order valence-corrected chi connectivity index (χ1v) is 6.49. The van der Waals surface area contributed by atoms with Gasteiger partial charge in [0.1, 0.15) is 0 Å². The molecule has 1 aromatic carbocycles. The number of aromatic nitrogens is 3. The number of H-pyrrole nitrogens is 2. The van der Waals surface area contributed by atoms with Crippen molar-refractivity contribution < 1.29 is 9.90 Å². The molecule has 0 aliphatic heterocycles. The van der Waals surface area contributed by atoms with Crippen LogP contribution in [0, 0.1) is 6.92 Å². The second-order valence-electron chi connectivity index (χ2n) is 4.82. The number of benzene rings is 1. The lowest BCUT2D eigenvalue weighted by Gasteiger charge is -2.01. The summed E-state index contributed by atoms with van der Waals surface area (Å²) >= 11 is 0. The zero-order valence-corrected chi connectivity index (χ0v) is 11.1. The van der Waals surface area contributed by atoms with Gasteiger partial charge in [0.05, 0.1) is 5.69 Å². The van der Waals surface area contributed by atoms with Gasteiger partial charge in [-0.05, 0) is 19.4 Å². The molecule has 102 valence electrons. The van der Waals surface area contributed by atoms with Gasteiger partial charge >= 0.3 is 5.97 Å². The molecule has 0 aliphatic carbocycles. The molecule has 5 heteroatoms. The quantitative estimate of drug-likeness (QED) is 0.681. The Balaban J connectivity index is 2.08. The van der Waals surface area contributed by atoms with Gasteiger partial charge in [-0.25, -0.2) is 0 Å². The molecule has 5 nitrogen and oxygen atoms in total. The minimum atomic E-state index is -0.796. The van der Waals surface area contributed by atoms with Crippen molar-refractivity contribution >= 4 is 16.9 Å². The predicted octanol–water partition coefficient (Wildman–Crippen LogP) is 2.88. The van der Waals surface area contributed by atoms with E-state index in [0.29, 0.717) is 6.42 Å². The average Bonchev–Trinajstić information content (AvgIpc) is 3.00. The Morgan fingerprint density at radius 3 is 2.95 bits per heavy atom. The molecule has 3 rings (SSSR count). The highest BCUT2D eigenvalue weighted by atomic mass is 16.4. The molecule has 0 bridgehead atoms.